The molecule has 0 spiro atoms. The van der Waals surface area contributed by atoms with Crippen molar-refractivity contribution in [2.75, 3.05) is 23.4 Å². The van der Waals surface area contributed by atoms with E-state index in [0.717, 1.165) is 48.9 Å². The smallest absolute Gasteiger partial charge is 0.264 e. The minimum atomic E-state index is -4.02. The van der Waals surface area contributed by atoms with Gasteiger partial charge >= 0.3 is 0 Å². The number of nitrogens with one attached hydrogen (secondary N) is 1. The van der Waals surface area contributed by atoms with Crippen LogP contribution in [0.1, 0.15) is 88.3 Å². The Balaban J connectivity index is 2.13. The van der Waals surface area contributed by atoms with E-state index in [1.807, 2.05) is 43.3 Å². The molecule has 9 heteroatoms. The van der Waals surface area contributed by atoms with Gasteiger partial charge in [-0.05, 0) is 60.6 Å². The van der Waals surface area contributed by atoms with Crippen molar-refractivity contribution in [2.45, 2.75) is 89.1 Å². The zero-order chi connectivity index (χ0) is 28.0. The first kappa shape index (κ1) is 30.6. The lowest BCUT2D eigenvalue weighted by Crippen LogP contribution is -2.43. The van der Waals surface area contributed by atoms with Crippen LogP contribution in [-0.2, 0) is 26.4 Å². The normalized spacial score (nSPS) is 20.4. The molecule has 0 bridgehead atoms. The number of hydrogen-bond acceptors (Lipinski definition) is 6. The fourth-order valence-electron chi connectivity index (χ4n) is 5.72. The summed E-state index contributed by atoms with van der Waals surface area (Å²) < 4.78 is 58.9. The number of anilines is 1. The molecular weight excluding hydrogens is 522 g/mol. The molecule has 38 heavy (non-hydrogen) atoms. The molecule has 1 aliphatic rings. The van der Waals surface area contributed by atoms with Gasteiger partial charge in [0.25, 0.3) is 10.1 Å². The van der Waals surface area contributed by atoms with E-state index < -0.39 is 37.4 Å². The molecular formula is C29H43NO6S2. The first-order valence-corrected chi connectivity index (χ1v) is 17.0. The molecule has 1 aliphatic heterocycles. The molecule has 2 atom stereocenters. The minimum Gasteiger partial charge on any atom is -0.392 e. The Bertz CT molecular complexity index is 1280. The highest BCUT2D eigenvalue weighted by Gasteiger charge is 2.49. The van der Waals surface area contributed by atoms with E-state index in [1.165, 1.54) is 0 Å². The maximum Gasteiger partial charge on any atom is 0.264 e. The summed E-state index contributed by atoms with van der Waals surface area (Å²) in [6.45, 7) is 6.55. The van der Waals surface area contributed by atoms with Gasteiger partial charge in [-0.2, -0.15) is 8.42 Å². The van der Waals surface area contributed by atoms with Crippen LogP contribution < -0.4 is 5.32 Å². The summed E-state index contributed by atoms with van der Waals surface area (Å²) in [5.74, 6) is -0.922. The SMILES string of the molecule is CCCCC1(CCCC)CS(=O)(=O)c2ccc(CC)cc2[C@@H](c2cccc(NCCCS(=O)(=O)O)c2)[C@H]1O. The Morgan fingerprint density at radius 1 is 1.00 bits per heavy atom. The molecule has 2 aromatic carbocycles. The highest BCUT2D eigenvalue weighted by atomic mass is 32.2. The summed E-state index contributed by atoms with van der Waals surface area (Å²) in [5, 5.41) is 15.4. The monoisotopic (exact) mass is 565 g/mol. The first-order chi connectivity index (χ1) is 18.0. The number of rotatable bonds is 13. The van der Waals surface area contributed by atoms with Crippen molar-refractivity contribution in [1.29, 1.82) is 0 Å². The molecule has 0 saturated heterocycles. The van der Waals surface area contributed by atoms with E-state index in [-0.39, 0.29) is 17.9 Å². The van der Waals surface area contributed by atoms with Gasteiger partial charge in [-0.25, -0.2) is 8.42 Å². The van der Waals surface area contributed by atoms with E-state index in [2.05, 4.69) is 19.2 Å². The van der Waals surface area contributed by atoms with Crippen molar-refractivity contribution in [3.63, 3.8) is 0 Å². The van der Waals surface area contributed by atoms with Gasteiger partial charge in [0.05, 0.1) is 22.5 Å². The Morgan fingerprint density at radius 2 is 1.68 bits per heavy atom. The van der Waals surface area contributed by atoms with E-state index in [4.69, 9.17) is 4.55 Å². The zero-order valence-electron chi connectivity index (χ0n) is 22.8. The predicted octanol–water partition coefficient (Wildman–Crippen LogP) is 5.59. The molecule has 0 aliphatic carbocycles. The van der Waals surface area contributed by atoms with Crippen LogP contribution in [0.2, 0.25) is 0 Å². The number of aliphatic hydroxyl groups is 1. The van der Waals surface area contributed by atoms with Crippen molar-refractivity contribution in [3.8, 4) is 0 Å². The van der Waals surface area contributed by atoms with Crippen LogP contribution in [0.4, 0.5) is 5.69 Å². The summed E-state index contributed by atoms with van der Waals surface area (Å²) in [6.07, 6.45) is 4.91. The van der Waals surface area contributed by atoms with Gasteiger partial charge in [-0.15, -0.1) is 0 Å². The third kappa shape index (κ3) is 7.37. The second-order valence-electron chi connectivity index (χ2n) is 10.7. The molecule has 0 fully saturated rings. The van der Waals surface area contributed by atoms with Gasteiger partial charge in [0, 0.05) is 23.6 Å². The van der Waals surface area contributed by atoms with Crippen molar-refractivity contribution in [2.24, 2.45) is 5.41 Å². The Morgan fingerprint density at radius 3 is 2.29 bits per heavy atom. The number of benzene rings is 2. The summed E-state index contributed by atoms with van der Waals surface area (Å²) in [6, 6.07) is 13.1. The van der Waals surface area contributed by atoms with Crippen LogP contribution in [-0.4, -0.2) is 50.6 Å². The minimum absolute atomic E-state index is 0.0658. The third-order valence-corrected chi connectivity index (χ3v) is 10.6. The lowest BCUT2D eigenvalue weighted by Gasteiger charge is -2.40. The van der Waals surface area contributed by atoms with Crippen LogP contribution in [0.15, 0.2) is 47.4 Å². The van der Waals surface area contributed by atoms with Crippen molar-refractivity contribution in [1.82, 2.24) is 0 Å². The molecule has 212 valence electrons. The Labute approximate surface area is 228 Å². The van der Waals surface area contributed by atoms with E-state index in [9.17, 15) is 21.9 Å². The number of unbranched alkanes of at least 4 members (excludes halogenated alkanes) is 2. The number of aryl methyl sites for hydroxylation is 1. The molecule has 0 unspecified atom stereocenters. The summed E-state index contributed by atoms with van der Waals surface area (Å²) in [7, 11) is -7.67. The lowest BCUT2D eigenvalue weighted by atomic mass is 9.68. The van der Waals surface area contributed by atoms with Gasteiger partial charge in [-0.1, -0.05) is 70.7 Å². The van der Waals surface area contributed by atoms with E-state index in [1.54, 1.807) is 6.07 Å². The van der Waals surface area contributed by atoms with Crippen LogP contribution in [0.3, 0.4) is 0 Å². The van der Waals surface area contributed by atoms with Crippen LogP contribution >= 0.6 is 0 Å². The van der Waals surface area contributed by atoms with Crippen molar-refractivity contribution >= 4 is 25.6 Å². The summed E-state index contributed by atoms with van der Waals surface area (Å²) in [5.41, 5.74) is 2.47. The molecule has 1 heterocycles. The van der Waals surface area contributed by atoms with Crippen molar-refractivity contribution in [3.05, 3.63) is 59.2 Å². The lowest BCUT2D eigenvalue weighted by molar-refractivity contribution is 0.0127. The summed E-state index contributed by atoms with van der Waals surface area (Å²) in [4.78, 5) is 0.306. The molecule has 0 amide bonds. The topological polar surface area (TPSA) is 121 Å². The molecule has 3 rings (SSSR count). The average molecular weight is 566 g/mol. The first-order valence-electron chi connectivity index (χ1n) is 13.8. The predicted molar refractivity (Wildman–Crippen MR) is 153 cm³/mol. The van der Waals surface area contributed by atoms with Gasteiger partial charge in [0.2, 0.25) is 0 Å². The van der Waals surface area contributed by atoms with Crippen LogP contribution in [0, 0.1) is 5.41 Å². The second kappa shape index (κ2) is 12.9. The molecule has 0 saturated carbocycles. The number of sulfone groups is 1. The fraction of sp³-hybridized carbons (Fsp3) is 0.586. The standard InChI is InChI=1S/C29H43NO6S2/c1-4-7-15-29(16-8-5-2)21-37(32,33)26-14-13-22(6-3)19-25(26)27(28(29)31)23-11-9-12-24(20-23)30-17-10-18-38(34,35)36/h9,11-14,19-20,27-28,30-31H,4-8,10,15-18,21H2,1-3H3,(H,34,35,36)/t27-,28-/m1/s1. The molecule has 0 aromatic heterocycles. The average Bonchev–Trinajstić information content (AvgIpc) is 2.94. The van der Waals surface area contributed by atoms with Gasteiger partial charge in [-0.3, -0.25) is 4.55 Å². The molecule has 7 nitrogen and oxygen atoms in total. The van der Waals surface area contributed by atoms with Crippen LogP contribution in [0.25, 0.3) is 0 Å². The number of aliphatic hydroxyl groups excluding tert-OH is 1. The summed E-state index contributed by atoms with van der Waals surface area (Å²) >= 11 is 0. The molecule has 0 radical (unpaired) electrons. The zero-order valence-corrected chi connectivity index (χ0v) is 24.5. The maximum atomic E-state index is 13.9. The van der Waals surface area contributed by atoms with E-state index in [0.29, 0.717) is 29.8 Å². The van der Waals surface area contributed by atoms with Gasteiger partial charge in [0.1, 0.15) is 0 Å². The van der Waals surface area contributed by atoms with Gasteiger partial charge < -0.3 is 10.4 Å². The molecule has 3 N–H and O–H groups in total. The fourth-order valence-corrected chi connectivity index (χ4v) is 8.42. The van der Waals surface area contributed by atoms with Crippen molar-refractivity contribution < 1.29 is 26.5 Å². The quantitative estimate of drug-likeness (QED) is 0.214. The Kier molecular flexibility index (Phi) is 10.4. The Hall–Kier alpha value is -1.94. The number of fused-ring (bicyclic) bond motifs is 1. The highest BCUT2D eigenvalue weighted by Crippen LogP contribution is 2.49. The number of hydrogen-bond donors (Lipinski definition) is 3. The van der Waals surface area contributed by atoms with E-state index >= 15 is 0 Å². The van der Waals surface area contributed by atoms with Gasteiger partial charge in [0.15, 0.2) is 9.84 Å². The highest BCUT2D eigenvalue weighted by molar-refractivity contribution is 7.91. The maximum absolute atomic E-state index is 13.9. The van der Waals surface area contributed by atoms with Crippen LogP contribution in [0.5, 0.6) is 0 Å². The molecule has 2 aromatic rings. The second-order valence-corrected chi connectivity index (χ2v) is 14.2. The largest absolute Gasteiger partial charge is 0.392 e. The third-order valence-electron chi connectivity index (χ3n) is 7.78.